The lowest BCUT2D eigenvalue weighted by Crippen LogP contribution is -2.46. The summed E-state index contributed by atoms with van der Waals surface area (Å²) >= 11 is 0. The van der Waals surface area contributed by atoms with Crippen LogP contribution in [0.25, 0.3) is 0 Å². The molecule has 0 spiro atoms. The van der Waals surface area contributed by atoms with Crippen molar-refractivity contribution in [1.82, 2.24) is 5.32 Å². The summed E-state index contributed by atoms with van der Waals surface area (Å²) in [6.45, 7) is 0.917. The van der Waals surface area contributed by atoms with Crippen molar-refractivity contribution in [2.75, 3.05) is 49.0 Å². The number of amides is 4. The first-order chi connectivity index (χ1) is 18.3. The Kier molecular flexibility index (Phi) is 9.81. The number of hydrogen-bond donors (Lipinski definition) is 2. The van der Waals surface area contributed by atoms with Crippen LogP contribution < -0.4 is 25.2 Å². The molecule has 0 bridgehead atoms. The van der Waals surface area contributed by atoms with Crippen LogP contribution in [-0.2, 0) is 19.1 Å². The molecule has 198 valence electrons. The van der Waals surface area contributed by atoms with E-state index in [9.17, 15) is 19.2 Å². The predicted molar refractivity (Wildman–Crippen MR) is 144 cm³/mol. The van der Waals surface area contributed by atoms with Gasteiger partial charge in [-0.2, -0.15) is 0 Å². The molecule has 3 rings (SSSR count). The minimum Gasteiger partial charge on any atom is -0.482 e. The molecule has 0 fully saturated rings. The number of hydrogen-bond acceptors (Lipinski definition) is 6. The standard InChI is InChI=1S/C28H30N4O6/c1-20-9-7-10-21(15-20)30-28(36)29-17-25(33)32(18-26(34)31(2)22-11-5-4-6-12-22)23-13-8-14-24(16-23)38-19-27(35)37-3/h4-16H,17-19H2,1-3H3,(H2,29,30,36). The first kappa shape index (κ1) is 27.7. The number of anilines is 3. The van der Waals surface area contributed by atoms with E-state index >= 15 is 0 Å². The van der Waals surface area contributed by atoms with Crippen molar-refractivity contribution in [2.24, 2.45) is 0 Å². The molecular formula is C28H30N4O6. The highest BCUT2D eigenvalue weighted by Gasteiger charge is 2.23. The Bertz CT molecular complexity index is 1280. The molecule has 0 radical (unpaired) electrons. The molecule has 0 saturated carbocycles. The highest BCUT2D eigenvalue weighted by Crippen LogP contribution is 2.22. The maximum atomic E-state index is 13.3. The van der Waals surface area contributed by atoms with Crippen LogP contribution in [-0.4, -0.2) is 57.7 Å². The molecule has 2 N–H and O–H groups in total. The third-order valence-electron chi connectivity index (χ3n) is 5.50. The van der Waals surface area contributed by atoms with Gasteiger partial charge < -0.3 is 29.9 Å². The van der Waals surface area contributed by atoms with Gasteiger partial charge in [0, 0.05) is 30.2 Å². The van der Waals surface area contributed by atoms with Gasteiger partial charge in [-0.05, 0) is 48.9 Å². The van der Waals surface area contributed by atoms with Crippen molar-refractivity contribution in [2.45, 2.75) is 6.92 Å². The van der Waals surface area contributed by atoms with Crippen LogP contribution in [0.3, 0.4) is 0 Å². The average molecular weight is 519 g/mol. The molecule has 0 aromatic heterocycles. The monoisotopic (exact) mass is 518 g/mol. The van der Waals surface area contributed by atoms with E-state index in [0.29, 0.717) is 22.8 Å². The van der Waals surface area contributed by atoms with E-state index in [1.165, 1.54) is 23.0 Å². The summed E-state index contributed by atoms with van der Waals surface area (Å²) in [7, 11) is 2.86. The Balaban J connectivity index is 1.76. The van der Waals surface area contributed by atoms with Gasteiger partial charge in [0.1, 0.15) is 12.3 Å². The summed E-state index contributed by atoms with van der Waals surface area (Å²) in [4.78, 5) is 52.9. The fraction of sp³-hybridized carbons (Fsp3) is 0.214. The third kappa shape index (κ3) is 8.09. The SMILES string of the molecule is COC(=O)COc1cccc(N(CC(=O)N(C)c2ccccc2)C(=O)CNC(=O)Nc2cccc(C)c2)c1. The zero-order chi connectivity index (χ0) is 27.5. The fourth-order valence-corrected chi connectivity index (χ4v) is 3.45. The quantitative estimate of drug-likeness (QED) is 0.398. The summed E-state index contributed by atoms with van der Waals surface area (Å²) in [6, 6.07) is 22.1. The highest BCUT2D eigenvalue weighted by atomic mass is 16.6. The van der Waals surface area contributed by atoms with Gasteiger partial charge in [0.25, 0.3) is 0 Å². The lowest BCUT2D eigenvalue weighted by atomic mass is 10.2. The van der Waals surface area contributed by atoms with Crippen molar-refractivity contribution >= 4 is 40.9 Å². The normalized spacial score (nSPS) is 10.2. The number of methoxy groups -OCH3 is 1. The van der Waals surface area contributed by atoms with Crippen molar-refractivity contribution in [1.29, 1.82) is 0 Å². The molecular weight excluding hydrogens is 488 g/mol. The Labute approximate surface area is 221 Å². The molecule has 0 aliphatic rings. The number of para-hydroxylation sites is 1. The number of likely N-dealkylation sites (N-methyl/N-ethyl adjacent to an activating group) is 1. The smallest absolute Gasteiger partial charge is 0.343 e. The number of ether oxygens (including phenoxy) is 2. The number of urea groups is 1. The number of carbonyl (C=O) groups is 4. The molecule has 38 heavy (non-hydrogen) atoms. The van der Waals surface area contributed by atoms with Gasteiger partial charge in [-0.25, -0.2) is 9.59 Å². The van der Waals surface area contributed by atoms with Gasteiger partial charge in [0.15, 0.2) is 6.61 Å². The molecule has 0 aliphatic carbocycles. The second-order valence-corrected chi connectivity index (χ2v) is 8.31. The molecule has 4 amide bonds. The van der Waals surface area contributed by atoms with E-state index in [1.54, 1.807) is 61.6 Å². The summed E-state index contributed by atoms with van der Waals surface area (Å²) < 4.78 is 10.0. The zero-order valence-electron chi connectivity index (χ0n) is 21.5. The summed E-state index contributed by atoms with van der Waals surface area (Å²) in [5, 5.41) is 5.22. The number of nitrogens with zero attached hydrogens (tertiary/aromatic N) is 2. The van der Waals surface area contributed by atoms with E-state index in [0.717, 1.165) is 5.56 Å². The van der Waals surface area contributed by atoms with Crippen LogP contribution in [0.2, 0.25) is 0 Å². The highest BCUT2D eigenvalue weighted by molar-refractivity contribution is 6.05. The molecule has 0 aliphatic heterocycles. The third-order valence-corrected chi connectivity index (χ3v) is 5.50. The van der Waals surface area contributed by atoms with Crippen molar-refractivity contribution in [3.8, 4) is 5.75 Å². The first-order valence-electron chi connectivity index (χ1n) is 11.8. The molecule has 10 nitrogen and oxygen atoms in total. The van der Waals surface area contributed by atoms with Crippen molar-refractivity contribution in [3.63, 3.8) is 0 Å². The minimum atomic E-state index is -0.563. The lowest BCUT2D eigenvalue weighted by Gasteiger charge is -2.26. The topological polar surface area (TPSA) is 117 Å². The summed E-state index contributed by atoms with van der Waals surface area (Å²) in [5.74, 6) is -1.13. The minimum absolute atomic E-state index is 0.300. The maximum absolute atomic E-state index is 13.3. The van der Waals surface area contributed by atoms with Gasteiger partial charge in [-0.15, -0.1) is 0 Å². The Morgan fingerprint density at radius 2 is 1.55 bits per heavy atom. The fourth-order valence-electron chi connectivity index (χ4n) is 3.45. The van der Waals surface area contributed by atoms with Crippen LogP contribution in [0.1, 0.15) is 5.56 Å². The molecule has 0 heterocycles. The number of aryl methyl sites for hydroxylation is 1. The van der Waals surface area contributed by atoms with E-state index in [4.69, 9.17) is 4.74 Å². The van der Waals surface area contributed by atoms with Crippen molar-refractivity contribution in [3.05, 3.63) is 84.4 Å². The number of nitrogens with one attached hydrogen (secondary N) is 2. The molecule has 3 aromatic carbocycles. The molecule has 0 unspecified atom stereocenters. The van der Waals surface area contributed by atoms with Gasteiger partial charge in [-0.1, -0.05) is 36.4 Å². The van der Waals surface area contributed by atoms with Gasteiger partial charge >= 0.3 is 12.0 Å². The zero-order valence-corrected chi connectivity index (χ0v) is 21.5. The second-order valence-electron chi connectivity index (χ2n) is 8.31. The second kappa shape index (κ2) is 13.4. The van der Waals surface area contributed by atoms with Crippen LogP contribution in [0.4, 0.5) is 21.9 Å². The number of esters is 1. The van der Waals surface area contributed by atoms with Crippen LogP contribution in [0, 0.1) is 6.92 Å². The molecule has 0 saturated heterocycles. The first-order valence-corrected chi connectivity index (χ1v) is 11.8. The van der Waals surface area contributed by atoms with Gasteiger partial charge in [0.05, 0.1) is 13.7 Å². The van der Waals surface area contributed by atoms with Gasteiger partial charge in [0.2, 0.25) is 11.8 Å². The Hall–Kier alpha value is -4.86. The molecule has 3 aromatic rings. The van der Waals surface area contributed by atoms with E-state index in [-0.39, 0.29) is 25.6 Å². The average Bonchev–Trinajstić information content (AvgIpc) is 2.93. The Morgan fingerprint density at radius 3 is 2.26 bits per heavy atom. The number of benzene rings is 3. The number of rotatable bonds is 10. The Morgan fingerprint density at radius 1 is 0.842 bits per heavy atom. The predicted octanol–water partition coefficient (Wildman–Crippen LogP) is 3.36. The van der Waals surface area contributed by atoms with E-state index in [1.807, 2.05) is 25.1 Å². The largest absolute Gasteiger partial charge is 0.482 e. The lowest BCUT2D eigenvalue weighted by molar-refractivity contribution is -0.142. The van der Waals surface area contributed by atoms with Crippen LogP contribution in [0.15, 0.2) is 78.9 Å². The van der Waals surface area contributed by atoms with Crippen molar-refractivity contribution < 1.29 is 28.7 Å². The molecule has 0 atom stereocenters. The molecule has 10 heteroatoms. The van der Waals surface area contributed by atoms with Gasteiger partial charge in [-0.3, -0.25) is 9.59 Å². The maximum Gasteiger partial charge on any atom is 0.343 e. The van der Waals surface area contributed by atoms with E-state index < -0.39 is 17.9 Å². The number of carbonyl (C=O) groups excluding carboxylic acids is 4. The summed E-state index contributed by atoms with van der Waals surface area (Å²) in [5.41, 5.74) is 2.58. The van der Waals surface area contributed by atoms with Crippen LogP contribution in [0.5, 0.6) is 5.75 Å². The van der Waals surface area contributed by atoms with Crippen LogP contribution >= 0.6 is 0 Å². The van der Waals surface area contributed by atoms with E-state index in [2.05, 4.69) is 15.4 Å². The summed E-state index contributed by atoms with van der Waals surface area (Å²) in [6.07, 6.45) is 0.